The molecule has 0 spiro atoms. The molecule has 0 radical (unpaired) electrons. The van der Waals surface area contributed by atoms with Crippen LogP contribution in [0, 0.1) is 0 Å². The molecule has 1 saturated heterocycles. The fraction of sp³-hybridized carbons (Fsp3) is 0.278. The van der Waals surface area contributed by atoms with E-state index >= 15 is 0 Å². The van der Waals surface area contributed by atoms with Crippen molar-refractivity contribution in [1.82, 2.24) is 4.90 Å². The number of hydrogen-bond donors (Lipinski definition) is 3. The molecule has 0 saturated carbocycles. The second-order valence-electron chi connectivity index (χ2n) is 5.68. The van der Waals surface area contributed by atoms with Crippen LogP contribution in [-0.2, 0) is 0 Å². The summed E-state index contributed by atoms with van der Waals surface area (Å²) in [6.07, 6.45) is 0. The Labute approximate surface area is 137 Å². The average molecular weight is 312 g/mol. The number of para-hydroxylation sites is 2. The lowest BCUT2D eigenvalue weighted by molar-refractivity contribution is 0.102. The Morgan fingerprint density at radius 2 is 1.78 bits per heavy atom. The molecule has 1 amide bonds. The summed E-state index contributed by atoms with van der Waals surface area (Å²) >= 11 is 0. The zero-order chi connectivity index (χ0) is 15.5. The summed E-state index contributed by atoms with van der Waals surface area (Å²) in [4.78, 5) is 14.5. The van der Waals surface area contributed by atoms with Crippen molar-refractivity contribution in [3.05, 3.63) is 54.1 Å². The molecular formula is C18H24N4O. The molecule has 2 aromatic rings. The molecule has 1 aliphatic rings. The van der Waals surface area contributed by atoms with Gasteiger partial charge < -0.3 is 21.3 Å². The van der Waals surface area contributed by atoms with Crippen LogP contribution in [0.15, 0.2) is 48.5 Å². The number of amides is 1. The number of anilines is 3. The van der Waals surface area contributed by atoms with Gasteiger partial charge in [0.2, 0.25) is 0 Å². The number of likely N-dealkylation sites (N-methyl/N-ethyl adjacent to an activating group) is 1. The summed E-state index contributed by atoms with van der Waals surface area (Å²) in [5, 5.41) is 6.26. The van der Waals surface area contributed by atoms with Crippen LogP contribution in [-0.4, -0.2) is 37.0 Å². The standard InChI is InChI=1S/C17H20N4O.CH4/c1-21-10-14(11-21)19-13-8-6-12(7-9-13)17(22)20-16-5-3-2-4-15(16)18;/h2-9,14,19H,10-11,18H2,1H3,(H,20,22);1H4. The Hall–Kier alpha value is -2.53. The molecule has 23 heavy (non-hydrogen) atoms. The van der Waals surface area contributed by atoms with Gasteiger partial charge in [-0.2, -0.15) is 0 Å². The van der Waals surface area contributed by atoms with Crippen molar-refractivity contribution >= 4 is 23.0 Å². The lowest BCUT2D eigenvalue weighted by Crippen LogP contribution is -2.52. The molecule has 122 valence electrons. The predicted octanol–water partition coefficient (Wildman–Crippen LogP) is 2.88. The molecule has 1 aliphatic heterocycles. The second-order valence-corrected chi connectivity index (χ2v) is 5.68. The van der Waals surface area contributed by atoms with Crippen LogP contribution in [0.5, 0.6) is 0 Å². The van der Waals surface area contributed by atoms with Crippen LogP contribution >= 0.6 is 0 Å². The van der Waals surface area contributed by atoms with Crippen LogP contribution in [0.25, 0.3) is 0 Å². The van der Waals surface area contributed by atoms with Crippen molar-refractivity contribution in [3.63, 3.8) is 0 Å². The predicted molar refractivity (Wildman–Crippen MR) is 96.9 cm³/mol. The second kappa shape index (κ2) is 7.15. The monoisotopic (exact) mass is 312 g/mol. The SMILES string of the molecule is C.CN1CC(Nc2ccc(C(=O)Nc3ccccc3N)cc2)C1. The number of rotatable bonds is 4. The molecule has 1 fully saturated rings. The van der Waals surface area contributed by atoms with Crippen molar-refractivity contribution in [3.8, 4) is 0 Å². The van der Waals surface area contributed by atoms with Crippen molar-refractivity contribution in [1.29, 1.82) is 0 Å². The van der Waals surface area contributed by atoms with Gasteiger partial charge in [-0.3, -0.25) is 4.79 Å². The quantitative estimate of drug-likeness (QED) is 0.759. The maximum Gasteiger partial charge on any atom is 0.255 e. The fourth-order valence-electron chi connectivity index (χ4n) is 2.55. The van der Waals surface area contributed by atoms with Crippen molar-refractivity contribution in [2.45, 2.75) is 13.5 Å². The van der Waals surface area contributed by atoms with E-state index < -0.39 is 0 Å². The van der Waals surface area contributed by atoms with Crippen LogP contribution < -0.4 is 16.4 Å². The molecule has 0 aliphatic carbocycles. The van der Waals surface area contributed by atoms with E-state index in [1.54, 1.807) is 12.1 Å². The number of nitrogens with one attached hydrogen (secondary N) is 2. The Morgan fingerprint density at radius 3 is 2.39 bits per heavy atom. The van der Waals surface area contributed by atoms with Crippen molar-refractivity contribution in [2.75, 3.05) is 36.5 Å². The zero-order valence-electron chi connectivity index (χ0n) is 12.5. The minimum Gasteiger partial charge on any atom is -0.397 e. The average Bonchev–Trinajstić information content (AvgIpc) is 2.49. The number of carbonyl (C=O) groups excluding carboxylic acids is 1. The van der Waals surface area contributed by atoms with E-state index in [9.17, 15) is 4.79 Å². The number of nitrogen functional groups attached to an aromatic ring is 1. The highest BCUT2D eigenvalue weighted by atomic mass is 16.1. The lowest BCUT2D eigenvalue weighted by Gasteiger charge is -2.37. The third-order valence-electron chi connectivity index (χ3n) is 3.79. The number of likely N-dealkylation sites (tertiary alicyclic amines) is 1. The maximum atomic E-state index is 12.2. The summed E-state index contributed by atoms with van der Waals surface area (Å²) < 4.78 is 0. The minimum atomic E-state index is -0.159. The molecule has 5 nitrogen and oxygen atoms in total. The van der Waals surface area contributed by atoms with Crippen molar-refractivity contribution in [2.24, 2.45) is 0 Å². The van der Waals surface area contributed by atoms with Gasteiger partial charge in [-0.1, -0.05) is 19.6 Å². The normalized spacial score (nSPS) is 14.5. The summed E-state index contributed by atoms with van der Waals surface area (Å²) in [6, 6.07) is 15.2. The molecule has 3 rings (SSSR count). The van der Waals surface area contributed by atoms with Gasteiger partial charge in [0, 0.05) is 24.3 Å². The van der Waals surface area contributed by atoms with Gasteiger partial charge in [0.25, 0.3) is 5.91 Å². The first-order valence-corrected chi connectivity index (χ1v) is 7.33. The van der Waals surface area contributed by atoms with Crippen LogP contribution in [0.2, 0.25) is 0 Å². The highest BCUT2D eigenvalue weighted by molar-refractivity contribution is 6.05. The lowest BCUT2D eigenvalue weighted by atomic mass is 10.1. The van der Waals surface area contributed by atoms with Gasteiger partial charge in [-0.15, -0.1) is 0 Å². The highest BCUT2D eigenvalue weighted by Gasteiger charge is 2.22. The van der Waals surface area contributed by atoms with E-state index in [0.717, 1.165) is 18.8 Å². The smallest absolute Gasteiger partial charge is 0.255 e. The largest absolute Gasteiger partial charge is 0.397 e. The topological polar surface area (TPSA) is 70.4 Å². The summed E-state index contributed by atoms with van der Waals surface area (Å²) in [5.41, 5.74) is 8.67. The Bertz CT molecular complexity index is 663. The van der Waals surface area contributed by atoms with Gasteiger partial charge in [-0.25, -0.2) is 0 Å². The van der Waals surface area contributed by atoms with Gasteiger partial charge in [0.05, 0.1) is 17.4 Å². The van der Waals surface area contributed by atoms with E-state index in [0.29, 0.717) is 23.0 Å². The summed E-state index contributed by atoms with van der Waals surface area (Å²) in [7, 11) is 2.10. The molecule has 1 heterocycles. The van der Waals surface area contributed by atoms with E-state index in [1.165, 1.54) is 0 Å². The number of benzene rings is 2. The van der Waals surface area contributed by atoms with E-state index in [1.807, 2.05) is 36.4 Å². The third-order valence-corrected chi connectivity index (χ3v) is 3.79. The Balaban J connectivity index is 0.00000192. The summed E-state index contributed by atoms with van der Waals surface area (Å²) in [5.74, 6) is -0.159. The third kappa shape index (κ3) is 4.02. The van der Waals surface area contributed by atoms with Gasteiger partial charge >= 0.3 is 0 Å². The number of nitrogens with zero attached hydrogens (tertiary/aromatic N) is 1. The summed E-state index contributed by atoms with van der Waals surface area (Å²) in [6.45, 7) is 2.10. The maximum absolute atomic E-state index is 12.2. The van der Waals surface area contributed by atoms with Gasteiger partial charge in [0.15, 0.2) is 0 Å². The number of carbonyl (C=O) groups is 1. The zero-order valence-corrected chi connectivity index (χ0v) is 12.5. The van der Waals surface area contributed by atoms with Crippen LogP contribution in [0.1, 0.15) is 17.8 Å². The molecule has 0 aromatic heterocycles. The van der Waals surface area contributed by atoms with E-state index in [-0.39, 0.29) is 13.3 Å². The fourth-order valence-corrected chi connectivity index (χ4v) is 2.55. The molecule has 0 atom stereocenters. The van der Waals surface area contributed by atoms with Crippen LogP contribution in [0.4, 0.5) is 17.1 Å². The molecule has 4 N–H and O–H groups in total. The van der Waals surface area contributed by atoms with Gasteiger partial charge in [-0.05, 0) is 43.4 Å². The van der Waals surface area contributed by atoms with E-state index in [2.05, 4.69) is 22.6 Å². The first-order chi connectivity index (χ1) is 10.6. The molecule has 2 aromatic carbocycles. The van der Waals surface area contributed by atoms with Crippen LogP contribution in [0.3, 0.4) is 0 Å². The molecular weight excluding hydrogens is 288 g/mol. The first kappa shape index (κ1) is 16.8. The molecule has 0 bridgehead atoms. The Kier molecular flexibility index (Phi) is 5.24. The number of hydrogen-bond acceptors (Lipinski definition) is 4. The first-order valence-electron chi connectivity index (χ1n) is 7.33. The minimum absolute atomic E-state index is 0. The van der Waals surface area contributed by atoms with E-state index in [4.69, 9.17) is 5.73 Å². The Morgan fingerprint density at radius 1 is 1.13 bits per heavy atom. The van der Waals surface area contributed by atoms with Gasteiger partial charge in [0.1, 0.15) is 0 Å². The highest BCUT2D eigenvalue weighted by Crippen LogP contribution is 2.19. The van der Waals surface area contributed by atoms with Crippen molar-refractivity contribution < 1.29 is 4.79 Å². The molecule has 0 unspecified atom stereocenters. The number of nitrogens with two attached hydrogens (primary N) is 1. The molecule has 5 heteroatoms.